The van der Waals surface area contributed by atoms with Crippen molar-refractivity contribution in [2.24, 2.45) is 0 Å². The molecule has 0 saturated carbocycles. The molecular formula is C42H33N5O3. The molecule has 1 aliphatic rings. The van der Waals surface area contributed by atoms with Gasteiger partial charge < -0.3 is 13.9 Å². The number of hydrogen-bond acceptors (Lipinski definition) is 5. The average Bonchev–Trinajstić information content (AvgIpc) is 3.67. The van der Waals surface area contributed by atoms with Crippen LogP contribution in [0.25, 0.3) is 34.0 Å². The molecule has 8 nitrogen and oxygen atoms in total. The number of Topliss-reactive ketones (excluding diaryl/α,β-unsaturated/α-hetero) is 1. The second kappa shape index (κ2) is 13.8. The quantitative estimate of drug-likeness (QED) is 0.162. The highest BCUT2D eigenvalue weighted by molar-refractivity contribution is 6.16. The van der Waals surface area contributed by atoms with E-state index in [4.69, 9.17) is 4.74 Å². The Morgan fingerprint density at radius 3 is 1.60 bits per heavy atom. The molecule has 3 heterocycles. The number of carbonyl (C=O) groups is 2. The first-order valence-corrected chi connectivity index (χ1v) is 16.5. The number of piperidine rings is 1. The van der Waals surface area contributed by atoms with Crippen molar-refractivity contribution >= 4 is 45.8 Å². The number of likely N-dealkylation sites (tertiary alicyclic amines) is 1. The monoisotopic (exact) mass is 655 g/mol. The highest BCUT2D eigenvalue weighted by Gasteiger charge is 2.30. The first kappa shape index (κ1) is 31.9. The van der Waals surface area contributed by atoms with Crippen molar-refractivity contribution in [3.8, 4) is 12.1 Å². The summed E-state index contributed by atoms with van der Waals surface area (Å²) in [4.78, 5) is 29.0. The van der Waals surface area contributed by atoms with Crippen LogP contribution in [0.5, 0.6) is 0 Å². The SMILES string of the molecule is CCOC(=O)N1C/C(=C\c2cn(Cc3ccccc3C#N)c3ccccc23)C(=O)/C(=C/c2cn(Cc3ccccc3C#N)c3ccccc23)C1. The number of benzene rings is 4. The normalized spacial score (nSPS) is 14.7. The summed E-state index contributed by atoms with van der Waals surface area (Å²) >= 11 is 0. The minimum Gasteiger partial charge on any atom is -0.450 e. The van der Waals surface area contributed by atoms with E-state index in [1.807, 2.05) is 122 Å². The maximum absolute atomic E-state index is 14.3. The molecule has 0 aliphatic carbocycles. The Kier molecular flexibility index (Phi) is 8.84. The minimum absolute atomic E-state index is 0.110. The van der Waals surface area contributed by atoms with Gasteiger partial charge in [0.15, 0.2) is 5.78 Å². The van der Waals surface area contributed by atoms with Gasteiger partial charge in [-0.3, -0.25) is 9.69 Å². The molecule has 0 atom stereocenters. The van der Waals surface area contributed by atoms with Crippen LogP contribution in [0.3, 0.4) is 0 Å². The van der Waals surface area contributed by atoms with Crippen LogP contribution in [0.4, 0.5) is 4.79 Å². The summed E-state index contributed by atoms with van der Waals surface area (Å²) in [6.45, 7) is 3.18. The molecule has 244 valence electrons. The number of hydrogen-bond donors (Lipinski definition) is 0. The lowest BCUT2D eigenvalue weighted by Crippen LogP contribution is -2.41. The second-order valence-corrected chi connectivity index (χ2v) is 12.2. The summed E-state index contributed by atoms with van der Waals surface area (Å²) in [5.74, 6) is -0.135. The summed E-state index contributed by atoms with van der Waals surface area (Å²) in [5, 5.41) is 21.3. The highest BCUT2D eigenvalue weighted by atomic mass is 16.6. The summed E-state index contributed by atoms with van der Waals surface area (Å²) in [6, 6.07) is 35.6. The number of ether oxygens (including phenoxy) is 1. The van der Waals surface area contributed by atoms with Gasteiger partial charge in [0, 0.05) is 69.6 Å². The number of nitrogens with zero attached hydrogens (tertiary/aromatic N) is 5. The highest BCUT2D eigenvalue weighted by Crippen LogP contribution is 2.30. The molecule has 50 heavy (non-hydrogen) atoms. The lowest BCUT2D eigenvalue weighted by molar-refractivity contribution is -0.113. The standard InChI is InChI=1S/C42H33N5O3/c1-2-50-42(49)47-27-35(19-33-25-45(39-17-9-7-15-37(33)39)23-31-13-5-3-11-29(31)21-43)41(48)36(28-47)20-34-26-46(40-18-10-8-16-38(34)40)24-32-14-6-4-12-30(32)22-44/h3-20,25-26H,2,23-24,27-28H2,1H3/b35-19+,36-20+. The van der Waals surface area contributed by atoms with E-state index in [1.165, 1.54) is 0 Å². The molecule has 1 saturated heterocycles. The van der Waals surface area contributed by atoms with E-state index in [9.17, 15) is 20.1 Å². The van der Waals surface area contributed by atoms with Gasteiger partial charge in [-0.05, 0) is 54.5 Å². The molecule has 1 aliphatic heterocycles. The third-order valence-corrected chi connectivity index (χ3v) is 9.09. The minimum atomic E-state index is -0.483. The van der Waals surface area contributed by atoms with Gasteiger partial charge in [-0.1, -0.05) is 72.8 Å². The van der Waals surface area contributed by atoms with Gasteiger partial charge in [-0.2, -0.15) is 10.5 Å². The van der Waals surface area contributed by atoms with Gasteiger partial charge in [0.05, 0.1) is 43.0 Å². The van der Waals surface area contributed by atoms with Crippen molar-refractivity contribution < 1.29 is 14.3 Å². The third-order valence-electron chi connectivity index (χ3n) is 9.09. The van der Waals surface area contributed by atoms with Gasteiger partial charge >= 0.3 is 6.09 Å². The lowest BCUT2D eigenvalue weighted by atomic mass is 9.94. The number of aromatic nitrogens is 2. The molecule has 0 spiro atoms. The van der Waals surface area contributed by atoms with Gasteiger partial charge in [0.2, 0.25) is 0 Å². The summed E-state index contributed by atoms with van der Waals surface area (Å²) in [7, 11) is 0. The van der Waals surface area contributed by atoms with Crippen molar-refractivity contribution in [2.75, 3.05) is 19.7 Å². The van der Waals surface area contributed by atoms with Gasteiger partial charge in [-0.25, -0.2) is 4.79 Å². The Labute approximate surface area is 290 Å². The Morgan fingerprint density at radius 1 is 0.700 bits per heavy atom. The Morgan fingerprint density at radius 2 is 1.14 bits per heavy atom. The van der Waals surface area contributed by atoms with Crippen LogP contribution in [0.2, 0.25) is 0 Å². The zero-order chi connectivity index (χ0) is 34.6. The number of para-hydroxylation sites is 2. The second-order valence-electron chi connectivity index (χ2n) is 12.2. The van der Waals surface area contributed by atoms with Crippen molar-refractivity contribution in [3.05, 3.63) is 154 Å². The zero-order valence-electron chi connectivity index (χ0n) is 27.5. The van der Waals surface area contributed by atoms with Gasteiger partial charge in [0.1, 0.15) is 0 Å². The summed E-state index contributed by atoms with van der Waals surface area (Å²) in [5.41, 5.74) is 7.61. The smallest absolute Gasteiger partial charge is 0.410 e. The largest absolute Gasteiger partial charge is 0.450 e. The number of carbonyl (C=O) groups excluding carboxylic acids is 2. The van der Waals surface area contributed by atoms with Crippen LogP contribution in [-0.2, 0) is 22.6 Å². The van der Waals surface area contributed by atoms with Crippen molar-refractivity contribution in [1.29, 1.82) is 10.5 Å². The topological polar surface area (TPSA) is 104 Å². The Balaban J connectivity index is 1.30. The molecule has 7 rings (SSSR count). The fourth-order valence-electron chi connectivity index (χ4n) is 6.70. The number of rotatable bonds is 7. The first-order chi connectivity index (χ1) is 24.5. The van der Waals surface area contributed by atoms with Crippen molar-refractivity contribution in [1.82, 2.24) is 14.0 Å². The lowest BCUT2D eigenvalue weighted by Gasteiger charge is -2.29. The molecule has 1 amide bonds. The fourth-order valence-corrected chi connectivity index (χ4v) is 6.70. The number of ketones is 1. The molecule has 4 aromatic carbocycles. The van der Waals surface area contributed by atoms with E-state index in [-0.39, 0.29) is 25.5 Å². The van der Waals surface area contributed by atoms with Crippen LogP contribution in [0, 0.1) is 22.7 Å². The third kappa shape index (κ3) is 6.19. The molecule has 0 bridgehead atoms. The predicted octanol–water partition coefficient (Wildman–Crippen LogP) is 7.94. The Hall–Kier alpha value is -6.64. The maximum Gasteiger partial charge on any atom is 0.410 e. The van der Waals surface area contributed by atoms with E-state index in [0.29, 0.717) is 35.4 Å². The summed E-state index contributed by atoms with van der Waals surface area (Å²) < 4.78 is 9.57. The van der Waals surface area contributed by atoms with E-state index >= 15 is 0 Å². The summed E-state index contributed by atoms with van der Waals surface area (Å²) in [6.07, 6.45) is 7.26. The van der Waals surface area contributed by atoms with Crippen LogP contribution < -0.4 is 0 Å². The van der Waals surface area contributed by atoms with Crippen LogP contribution in [0.1, 0.15) is 40.3 Å². The van der Waals surface area contributed by atoms with E-state index in [2.05, 4.69) is 21.3 Å². The van der Waals surface area contributed by atoms with Crippen molar-refractivity contribution in [3.63, 3.8) is 0 Å². The van der Waals surface area contributed by atoms with E-state index < -0.39 is 6.09 Å². The Bertz CT molecular complexity index is 2270. The number of amides is 1. The van der Waals surface area contributed by atoms with Crippen molar-refractivity contribution in [2.45, 2.75) is 20.0 Å². The molecule has 0 radical (unpaired) electrons. The maximum atomic E-state index is 14.3. The zero-order valence-corrected chi connectivity index (χ0v) is 27.5. The van der Waals surface area contributed by atoms with Crippen LogP contribution in [-0.4, -0.2) is 45.6 Å². The fraction of sp³-hybridized carbons (Fsp3) is 0.143. The molecule has 8 heteroatoms. The predicted molar refractivity (Wildman–Crippen MR) is 194 cm³/mol. The molecule has 6 aromatic rings. The first-order valence-electron chi connectivity index (χ1n) is 16.5. The molecule has 0 unspecified atom stereocenters. The molecule has 1 fully saturated rings. The van der Waals surface area contributed by atoms with E-state index in [0.717, 1.165) is 44.1 Å². The molecule has 0 N–H and O–H groups in total. The van der Waals surface area contributed by atoms with Gasteiger partial charge in [-0.15, -0.1) is 0 Å². The van der Waals surface area contributed by atoms with Crippen LogP contribution >= 0.6 is 0 Å². The number of fused-ring (bicyclic) bond motifs is 2. The average molecular weight is 656 g/mol. The number of nitriles is 2. The van der Waals surface area contributed by atoms with E-state index in [1.54, 1.807) is 11.8 Å². The molecule has 2 aromatic heterocycles. The van der Waals surface area contributed by atoms with Gasteiger partial charge in [0.25, 0.3) is 0 Å². The van der Waals surface area contributed by atoms with Crippen LogP contribution in [0.15, 0.2) is 121 Å². The molecular weight excluding hydrogens is 622 g/mol.